The number of carbonyl (C=O) groups is 6. The summed E-state index contributed by atoms with van der Waals surface area (Å²) in [6.07, 6.45) is 23.1. The molecule has 2 aromatic heterocycles. The van der Waals surface area contributed by atoms with Crippen LogP contribution in [-0.2, 0) is 108 Å². The number of imidazole rings is 2. The summed E-state index contributed by atoms with van der Waals surface area (Å²) < 4.78 is 136. The molecular formula is C92H126N12O21S4. The van der Waals surface area contributed by atoms with Gasteiger partial charge >= 0.3 is 23.9 Å². The number of likely N-dealkylation sites (N-methyl/N-ethyl adjacent to an activating group) is 4. The lowest BCUT2D eigenvalue weighted by Crippen LogP contribution is -2.42. The van der Waals surface area contributed by atoms with E-state index in [1.165, 1.54) is 49.3 Å². The Labute approximate surface area is 758 Å². The molecule has 0 saturated heterocycles. The Hall–Kier alpha value is -10.4. The van der Waals surface area contributed by atoms with Crippen molar-refractivity contribution in [1.82, 2.24) is 40.4 Å². The predicted molar refractivity (Wildman–Crippen MR) is 489 cm³/mol. The Bertz CT molecular complexity index is 5700. The van der Waals surface area contributed by atoms with Gasteiger partial charge < -0.3 is 74.5 Å². The second-order valence-corrected chi connectivity index (χ2v) is 42.1. The highest BCUT2D eigenvalue weighted by atomic mass is 32.2. The van der Waals surface area contributed by atoms with Crippen molar-refractivity contribution in [1.29, 1.82) is 0 Å². The number of hydrogen-bond acceptors (Lipinski definition) is 24. The number of unbranched alkanes of at least 4 members (excludes halogenated alkanes) is 6. The number of ether oxygens (including phenoxy) is 1. The molecular weight excluding hydrogens is 1740 g/mol. The lowest BCUT2D eigenvalue weighted by molar-refractivity contribution is -0.438. The van der Waals surface area contributed by atoms with Gasteiger partial charge in [0.15, 0.2) is 31.1 Å². The van der Waals surface area contributed by atoms with E-state index in [2.05, 4.69) is 63.4 Å². The molecule has 33 nitrogen and oxygen atoms in total. The van der Waals surface area contributed by atoms with Gasteiger partial charge in [-0.2, -0.15) is 9.15 Å². The summed E-state index contributed by atoms with van der Waals surface area (Å²) in [7, 11) is -9.09. The van der Waals surface area contributed by atoms with E-state index in [0.717, 1.165) is 63.2 Å². The highest BCUT2D eigenvalue weighted by molar-refractivity contribution is 7.91. The van der Waals surface area contributed by atoms with Crippen molar-refractivity contribution in [3.63, 3.8) is 0 Å². The summed E-state index contributed by atoms with van der Waals surface area (Å²) >= 11 is 0. The predicted octanol–water partition coefficient (Wildman–Crippen LogP) is 10.3. The van der Waals surface area contributed by atoms with Crippen LogP contribution < -0.4 is 20.4 Å². The second-order valence-electron chi connectivity index (χ2n) is 35.1. The molecule has 10 rings (SSSR count). The van der Waals surface area contributed by atoms with Crippen molar-refractivity contribution in [2.24, 2.45) is 0 Å². The van der Waals surface area contributed by atoms with Gasteiger partial charge in [-0.15, -0.1) is 0 Å². The Kier molecular flexibility index (Phi) is 36.2. The van der Waals surface area contributed by atoms with E-state index in [0.29, 0.717) is 113 Å². The van der Waals surface area contributed by atoms with E-state index in [1.807, 2.05) is 142 Å². The normalized spacial score (nSPS) is 16.6. The van der Waals surface area contributed by atoms with Crippen LogP contribution >= 0.6 is 0 Å². The number of allylic oxidation sites excluding steroid dienone is 8. The summed E-state index contributed by atoms with van der Waals surface area (Å²) in [5, 5.41) is 41.5. The zero-order valence-corrected chi connectivity index (χ0v) is 79.4. The molecule has 0 spiro atoms. The Morgan fingerprint density at radius 2 is 0.884 bits per heavy atom. The SMILES string of the molecule is CCN1C(=CC=CC2=[N+](CCCCCC(=O)N[C@H](Cc3cnc[nH]3)C(=O)O)c3ccc(S(=O)(=O)[O-])cc3C2(C)C)C(C)(C)c2cc(S(=O)(=O)CCCCC(=O)O)ccc21.CCN1C(=CC=CC2=[N+](CCCCCC(=O)N[C@H](Cc3cnc[nH]3)C(=O)O)c3ccc(S(=O)(=O)[O-])cc3C2(C)C)C(C)(C)c2cc(S(=O)(=O)CCCCC(=O)OCCN(C)C)ccc21.CN(C)CCO. The number of nitrogens with one attached hydrogen (secondary N) is 4. The Balaban J connectivity index is 0.000000300. The zero-order valence-electron chi connectivity index (χ0n) is 76.2. The van der Waals surface area contributed by atoms with E-state index in [4.69, 9.17) is 14.9 Å². The van der Waals surface area contributed by atoms with Crippen molar-refractivity contribution >= 4 is 110 Å². The maximum absolute atomic E-state index is 13.5. The topological polar surface area (TPSA) is 476 Å². The molecule has 129 heavy (non-hydrogen) atoms. The number of aliphatic hydroxyl groups excluding tert-OH is 1. The molecule has 704 valence electrons. The number of esters is 1. The molecule has 2 amide bonds. The summed E-state index contributed by atoms with van der Waals surface area (Å²) in [6.45, 7) is 24.3. The first-order valence-corrected chi connectivity index (χ1v) is 49.5. The van der Waals surface area contributed by atoms with Gasteiger partial charge in [0.2, 0.25) is 23.2 Å². The number of aromatic nitrogens is 4. The number of carbonyl (C=O) groups excluding carboxylic acids is 3. The van der Waals surface area contributed by atoms with Crippen LogP contribution in [-0.4, -0.2) is 253 Å². The molecule has 4 aliphatic rings. The molecule has 0 saturated carbocycles. The van der Waals surface area contributed by atoms with Crippen LogP contribution in [0.25, 0.3) is 0 Å². The van der Waals surface area contributed by atoms with Crippen molar-refractivity contribution < 1.29 is 106 Å². The first-order chi connectivity index (χ1) is 60.5. The van der Waals surface area contributed by atoms with Crippen molar-refractivity contribution in [2.45, 2.75) is 225 Å². The molecule has 0 unspecified atom stereocenters. The van der Waals surface area contributed by atoms with Crippen LogP contribution in [0.4, 0.5) is 22.7 Å². The number of sulfone groups is 2. The molecule has 4 aromatic carbocycles. The van der Waals surface area contributed by atoms with Gasteiger partial charge in [0.05, 0.1) is 61.2 Å². The number of H-pyrrole nitrogens is 2. The fourth-order valence-corrected chi connectivity index (χ4v) is 20.3. The molecule has 2 atom stereocenters. The third kappa shape index (κ3) is 27.2. The van der Waals surface area contributed by atoms with E-state index in [-0.39, 0.29) is 107 Å². The highest BCUT2D eigenvalue weighted by Crippen LogP contribution is 2.51. The lowest BCUT2D eigenvalue weighted by Gasteiger charge is -2.25. The number of amides is 2. The Morgan fingerprint density at radius 1 is 0.504 bits per heavy atom. The first kappa shape index (κ1) is 104. The van der Waals surface area contributed by atoms with E-state index in [1.54, 1.807) is 36.4 Å². The van der Waals surface area contributed by atoms with Crippen molar-refractivity contribution in [3.8, 4) is 0 Å². The van der Waals surface area contributed by atoms with Crippen LogP contribution in [0.15, 0.2) is 165 Å². The van der Waals surface area contributed by atoms with Crippen LogP contribution in [0, 0.1) is 0 Å². The number of nitrogens with zero attached hydrogens (tertiary/aromatic N) is 8. The van der Waals surface area contributed by atoms with Crippen molar-refractivity contribution in [3.05, 3.63) is 179 Å². The van der Waals surface area contributed by atoms with Gasteiger partial charge in [0, 0.05) is 170 Å². The first-order valence-electron chi connectivity index (χ1n) is 43.4. The lowest BCUT2D eigenvalue weighted by atomic mass is 9.81. The molecule has 6 heterocycles. The number of fused-ring (bicyclic) bond motifs is 4. The van der Waals surface area contributed by atoms with Gasteiger partial charge in [-0.1, -0.05) is 39.8 Å². The van der Waals surface area contributed by atoms with Crippen LogP contribution in [0.3, 0.4) is 0 Å². The number of carboxylic acids is 3. The van der Waals surface area contributed by atoms with Crippen LogP contribution in [0.1, 0.15) is 193 Å². The third-order valence-corrected chi connectivity index (χ3v) is 28.9. The standard InChI is InChI=1S/C46H62N6O10S2.C42H53N5O10S2.C4H11NO/c1-8-51-38-21-19-33(63(57,58)26-13-11-18-43(54)62-25-24-50(6)7)28-35(38)45(2,3)40(51)15-14-16-41-46(4,5)36-29-34(64(59,60)61)20-22-39(36)52(41)23-12-9-10-17-42(53)49-37(44(55)56)27-32-30-47-31-48-32;1-6-46-34-19-17-29(58(53,54)22-11-9-16-39(49)50)24-31(34)41(2,3)36(46)13-12-14-37-42(4,5)32-25-30(59(55,56)57)18-20-35(32)47(37)21-10-7-8-15-38(48)45-33(40(51)52)23-28-26-43-27-44-28;1-5(2)3-4-6/h14-16,19-22,28-31,37H,8-13,17-18,23-27H2,1-7H3,(H3-,47,48,49,53,55,56,59,60,61);12-14,17-20,24-27,33H,6-11,15-16,21-23H2,1-5H3,(H4-,43,44,45,48,49,50,51,52,55,56,57);6H,3-4H2,1-2H3/t37-;33-;/m11./s1. The molecule has 0 aliphatic carbocycles. The van der Waals surface area contributed by atoms with Gasteiger partial charge in [0.1, 0.15) is 52.0 Å². The van der Waals surface area contributed by atoms with Gasteiger partial charge in [-0.05, 0) is 205 Å². The maximum Gasteiger partial charge on any atom is 0.326 e. The van der Waals surface area contributed by atoms with Crippen LogP contribution in [0.5, 0.6) is 0 Å². The summed E-state index contributed by atoms with van der Waals surface area (Å²) in [6, 6.07) is 17.0. The monoisotopic (exact) mass is 1860 g/mol. The molecule has 4 aliphatic heterocycles. The Morgan fingerprint density at radius 3 is 1.22 bits per heavy atom. The zero-order chi connectivity index (χ0) is 95.4. The molecule has 0 bridgehead atoms. The molecule has 0 radical (unpaired) electrons. The minimum Gasteiger partial charge on any atom is -0.744 e. The number of anilines is 2. The van der Waals surface area contributed by atoms with Gasteiger partial charge in [-0.25, -0.2) is 53.2 Å². The highest BCUT2D eigenvalue weighted by Gasteiger charge is 2.48. The van der Waals surface area contributed by atoms with Gasteiger partial charge in [-0.3, -0.25) is 19.2 Å². The van der Waals surface area contributed by atoms with Crippen molar-refractivity contribution in [2.75, 3.05) is 102 Å². The number of hydrogen-bond donors (Lipinski definition) is 8. The number of benzene rings is 4. The maximum atomic E-state index is 13.5. The summed E-state index contributed by atoms with van der Waals surface area (Å²) in [4.78, 5) is 93.4. The quantitative estimate of drug-likeness (QED) is 0.00762. The minimum absolute atomic E-state index is 0.0778. The minimum atomic E-state index is -4.72. The van der Waals surface area contributed by atoms with Gasteiger partial charge in [0.25, 0.3) is 0 Å². The third-order valence-electron chi connectivity index (χ3n) is 23.6. The fourth-order valence-electron chi connectivity index (χ4n) is 16.5. The molecule has 37 heteroatoms. The fraction of sp³-hybridized carbons (Fsp3) is 0.500. The number of aromatic amines is 2. The summed E-state index contributed by atoms with van der Waals surface area (Å²) in [5.74, 6) is -4.56. The second kappa shape index (κ2) is 45.0. The summed E-state index contributed by atoms with van der Waals surface area (Å²) in [5.41, 5.74) is 8.64. The number of rotatable bonds is 45. The average Bonchev–Trinajstić information content (AvgIpc) is 1.60. The molecule has 6 aromatic rings. The number of aliphatic carboxylic acids is 3. The average molecular weight is 1860 g/mol. The van der Waals surface area contributed by atoms with E-state index < -0.39 is 91.6 Å². The smallest absolute Gasteiger partial charge is 0.326 e. The van der Waals surface area contributed by atoms with E-state index in [9.17, 15) is 81.8 Å². The number of aliphatic hydroxyl groups is 1. The van der Waals surface area contributed by atoms with Crippen LogP contribution in [0.2, 0.25) is 0 Å². The van der Waals surface area contributed by atoms with E-state index >= 15 is 0 Å². The number of carboxylic acid groups (broad SMARTS) is 3. The molecule has 8 N–H and O–H groups in total. The molecule has 0 fully saturated rings. The largest absolute Gasteiger partial charge is 0.744 e.